The maximum atomic E-state index is 11.8. The second-order valence-corrected chi connectivity index (χ2v) is 4.36. The minimum absolute atomic E-state index is 0. The van der Waals surface area contributed by atoms with E-state index in [-0.39, 0.29) is 24.2 Å². The first-order valence-electron chi connectivity index (χ1n) is 5.52. The largest absolute Gasteiger partial charge is 0.351 e. The van der Waals surface area contributed by atoms with Crippen molar-refractivity contribution in [3.05, 3.63) is 0 Å². The first-order valence-corrected chi connectivity index (χ1v) is 5.52. The summed E-state index contributed by atoms with van der Waals surface area (Å²) in [6, 6.07) is 0.702. The SMILES string of the molecule is C[C@H]1NCCC[C@H]1C(=O)NC1CNC1.Cl. The lowest BCUT2D eigenvalue weighted by Crippen LogP contribution is -2.59. The Morgan fingerprint density at radius 2 is 2.13 bits per heavy atom. The standard InChI is InChI=1S/C10H19N3O.ClH/c1-7-9(3-2-4-12-7)10(14)13-8-5-11-6-8;/h7-9,11-12H,2-6H2,1H3,(H,13,14);1H/t7-,9-;/m1./s1. The molecule has 2 rings (SSSR count). The molecule has 2 heterocycles. The Balaban J connectivity index is 0.00000112. The molecule has 0 aromatic rings. The van der Waals surface area contributed by atoms with Crippen LogP contribution in [0.1, 0.15) is 19.8 Å². The lowest BCUT2D eigenvalue weighted by molar-refractivity contribution is -0.127. The fourth-order valence-corrected chi connectivity index (χ4v) is 2.10. The van der Waals surface area contributed by atoms with Crippen molar-refractivity contribution in [2.75, 3.05) is 19.6 Å². The molecule has 4 nitrogen and oxygen atoms in total. The number of carbonyl (C=O) groups excluding carboxylic acids is 1. The Morgan fingerprint density at radius 1 is 1.40 bits per heavy atom. The van der Waals surface area contributed by atoms with Gasteiger partial charge in [0, 0.05) is 19.1 Å². The van der Waals surface area contributed by atoms with Crippen LogP contribution in [0.3, 0.4) is 0 Å². The predicted octanol–water partition coefficient (Wildman–Crippen LogP) is -0.116. The molecule has 2 atom stereocenters. The molecule has 0 aromatic carbocycles. The number of carbonyl (C=O) groups is 1. The number of amides is 1. The molecule has 0 radical (unpaired) electrons. The van der Waals surface area contributed by atoms with Crippen LogP contribution in [0.4, 0.5) is 0 Å². The first kappa shape index (κ1) is 12.7. The topological polar surface area (TPSA) is 53.2 Å². The fraction of sp³-hybridized carbons (Fsp3) is 0.900. The van der Waals surface area contributed by atoms with Gasteiger partial charge in [-0.05, 0) is 26.3 Å². The van der Waals surface area contributed by atoms with Gasteiger partial charge in [0.15, 0.2) is 0 Å². The third-order valence-corrected chi connectivity index (χ3v) is 3.23. The van der Waals surface area contributed by atoms with Gasteiger partial charge in [0.2, 0.25) is 5.91 Å². The van der Waals surface area contributed by atoms with Gasteiger partial charge in [0.25, 0.3) is 0 Å². The second-order valence-electron chi connectivity index (χ2n) is 4.36. The van der Waals surface area contributed by atoms with Crippen molar-refractivity contribution < 1.29 is 4.79 Å². The zero-order valence-electron chi connectivity index (χ0n) is 9.08. The molecule has 2 fully saturated rings. The molecule has 1 amide bonds. The van der Waals surface area contributed by atoms with Crippen LogP contribution in [-0.2, 0) is 4.79 Å². The summed E-state index contributed by atoms with van der Waals surface area (Å²) >= 11 is 0. The summed E-state index contributed by atoms with van der Waals surface area (Å²) in [6.45, 7) is 5.01. The highest BCUT2D eigenvalue weighted by Crippen LogP contribution is 2.16. The Hall–Kier alpha value is -0.320. The highest BCUT2D eigenvalue weighted by molar-refractivity contribution is 5.85. The van der Waals surface area contributed by atoms with Crippen molar-refractivity contribution in [1.29, 1.82) is 0 Å². The third kappa shape index (κ3) is 3.06. The van der Waals surface area contributed by atoms with Gasteiger partial charge in [-0.25, -0.2) is 0 Å². The number of nitrogens with one attached hydrogen (secondary N) is 3. The van der Waals surface area contributed by atoms with Gasteiger partial charge in [-0.2, -0.15) is 0 Å². The van der Waals surface area contributed by atoms with E-state index in [1.54, 1.807) is 0 Å². The molecule has 0 bridgehead atoms. The Labute approximate surface area is 97.0 Å². The Morgan fingerprint density at radius 3 is 2.67 bits per heavy atom. The Bertz CT molecular complexity index is 221. The van der Waals surface area contributed by atoms with E-state index in [9.17, 15) is 4.79 Å². The van der Waals surface area contributed by atoms with E-state index in [0.717, 1.165) is 32.5 Å². The summed E-state index contributed by atoms with van der Waals surface area (Å²) in [5.74, 6) is 0.403. The van der Waals surface area contributed by atoms with Crippen molar-refractivity contribution >= 4 is 18.3 Å². The molecule has 2 aliphatic rings. The van der Waals surface area contributed by atoms with Gasteiger partial charge < -0.3 is 16.0 Å². The monoisotopic (exact) mass is 233 g/mol. The zero-order chi connectivity index (χ0) is 9.97. The summed E-state index contributed by atoms with van der Waals surface area (Å²) in [4.78, 5) is 11.8. The molecule has 5 heteroatoms. The fourth-order valence-electron chi connectivity index (χ4n) is 2.10. The predicted molar refractivity (Wildman–Crippen MR) is 62.2 cm³/mol. The molecule has 0 spiro atoms. The maximum absolute atomic E-state index is 11.8. The molecule has 0 aliphatic carbocycles. The van der Waals surface area contributed by atoms with E-state index in [1.807, 2.05) is 0 Å². The van der Waals surface area contributed by atoms with E-state index >= 15 is 0 Å². The summed E-state index contributed by atoms with van der Waals surface area (Å²) < 4.78 is 0. The van der Waals surface area contributed by atoms with Crippen LogP contribution in [0.25, 0.3) is 0 Å². The van der Waals surface area contributed by atoms with Crippen LogP contribution >= 0.6 is 12.4 Å². The molecule has 0 aromatic heterocycles. The molecule has 88 valence electrons. The van der Waals surface area contributed by atoms with E-state index in [4.69, 9.17) is 0 Å². The van der Waals surface area contributed by atoms with E-state index in [2.05, 4.69) is 22.9 Å². The Kier molecular flexibility index (Phi) is 4.83. The maximum Gasteiger partial charge on any atom is 0.224 e. The normalized spacial score (nSPS) is 31.3. The smallest absolute Gasteiger partial charge is 0.224 e. The third-order valence-electron chi connectivity index (χ3n) is 3.23. The lowest BCUT2D eigenvalue weighted by Gasteiger charge is -2.33. The van der Waals surface area contributed by atoms with Crippen LogP contribution in [-0.4, -0.2) is 37.6 Å². The van der Waals surface area contributed by atoms with Crippen LogP contribution in [0.2, 0.25) is 0 Å². The summed E-state index contributed by atoms with van der Waals surface area (Å²) in [7, 11) is 0. The van der Waals surface area contributed by atoms with E-state index < -0.39 is 0 Å². The van der Waals surface area contributed by atoms with Crippen molar-refractivity contribution in [3.63, 3.8) is 0 Å². The minimum Gasteiger partial charge on any atom is -0.351 e. The molecule has 2 saturated heterocycles. The highest BCUT2D eigenvalue weighted by atomic mass is 35.5. The summed E-state index contributed by atoms with van der Waals surface area (Å²) in [5, 5.41) is 9.57. The zero-order valence-corrected chi connectivity index (χ0v) is 9.90. The molecule has 2 aliphatic heterocycles. The number of halogens is 1. The average Bonchev–Trinajstić information content (AvgIpc) is 2.12. The van der Waals surface area contributed by atoms with Crippen LogP contribution in [0, 0.1) is 5.92 Å². The number of hydrogen-bond donors (Lipinski definition) is 3. The van der Waals surface area contributed by atoms with Gasteiger partial charge in [-0.15, -0.1) is 12.4 Å². The average molecular weight is 234 g/mol. The lowest BCUT2D eigenvalue weighted by atomic mass is 9.91. The van der Waals surface area contributed by atoms with Crippen molar-refractivity contribution in [3.8, 4) is 0 Å². The van der Waals surface area contributed by atoms with Crippen molar-refractivity contribution in [1.82, 2.24) is 16.0 Å². The van der Waals surface area contributed by atoms with Gasteiger partial charge in [-0.1, -0.05) is 0 Å². The van der Waals surface area contributed by atoms with E-state index in [1.165, 1.54) is 0 Å². The van der Waals surface area contributed by atoms with Crippen molar-refractivity contribution in [2.24, 2.45) is 5.92 Å². The van der Waals surface area contributed by atoms with E-state index in [0.29, 0.717) is 12.1 Å². The molecular formula is C10H20ClN3O. The number of hydrogen-bond acceptors (Lipinski definition) is 3. The molecular weight excluding hydrogens is 214 g/mol. The van der Waals surface area contributed by atoms with Crippen LogP contribution in [0.5, 0.6) is 0 Å². The minimum atomic E-state index is 0. The van der Waals surface area contributed by atoms with Gasteiger partial charge >= 0.3 is 0 Å². The van der Waals surface area contributed by atoms with Crippen molar-refractivity contribution in [2.45, 2.75) is 31.8 Å². The van der Waals surface area contributed by atoms with Gasteiger partial charge in [0.05, 0.1) is 12.0 Å². The number of piperidine rings is 1. The van der Waals surface area contributed by atoms with Gasteiger partial charge in [-0.3, -0.25) is 4.79 Å². The molecule has 3 N–H and O–H groups in total. The van der Waals surface area contributed by atoms with Crippen LogP contribution in [0.15, 0.2) is 0 Å². The second kappa shape index (κ2) is 5.68. The van der Waals surface area contributed by atoms with Crippen LogP contribution < -0.4 is 16.0 Å². The first-order chi connectivity index (χ1) is 6.77. The highest BCUT2D eigenvalue weighted by Gasteiger charge is 2.29. The summed E-state index contributed by atoms with van der Waals surface area (Å²) in [6.07, 6.45) is 2.14. The molecule has 0 saturated carbocycles. The van der Waals surface area contributed by atoms with Gasteiger partial charge in [0.1, 0.15) is 0 Å². The molecule has 0 unspecified atom stereocenters. The quantitative estimate of drug-likeness (QED) is 0.624. The molecule has 15 heavy (non-hydrogen) atoms. The number of rotatable bonds is 2. The summed E-state index contributed by atoms with van der Waals surface area (Å²) in [5.41, 5.74) is 0.